The maximum absolute atomic E-state index is 12.6. The molecule has 0 aliphatic carbocycles. The lowest BCUT2D eigenvalue weighted by Crippen LogP contribution is -2.20. The van der Waals surface area contributed by atoms with Crippen LogP contribution in [0.2, 0.25) is 0 Å². The Morgan fingerprint density at radius 3 is 2.79 bits per heavy atom. The third-order valence-electron chi connectivity index (χ3n) is 3.56. The number of tetrazole rings is 1. The summed E-state index contributed by atoms with van der Waals surface area (Å²) in [6.07, 6.45) is 3.33. The summed E-state index contributed by atoms with van der Waals surface area (Å²) >= 11 is 0. The molecule has 8 nitrogen and oxygen atoms in total. The Kier molecular flexibility index (Phi) is 4.11. The van der Waals surface area contributed by atoms with E-state index in [2.05, 4.69) is 51.8 Å². The molecule has 3 aromatic rings. The summed E-state index contributed by atoms with van der Waals surface area (Å²) in [6, 6.07) is 7.62. The molecule has 0 saturated carbocycles. The molecule has 0 aliphatic rings. The highest BCUT2D eigenvalue weighted by atomic mass is 16.1. The number of H-pyrrole nitrogens is 1. The van der Waals surface area contributed by atoms with E-state index in [-0.39, 0.29) is 11.3 Å². The third kappa shape index (κ3) is 3.48. The molecular formula is C16H19N7O. The highest BCUT2D eigenvalue weighted by molar-refractivity contribution is 6.05. The molecule has 2 aromatic heterocycles. The molecule has 0 aliphatic heterocycles. The van der Waals surface area contributed by atoms with Crippen molar-refractivity contribution in [2.75, 3.05) is 5.32 Å². The first-order valence-corrected chi connectivity index (χ1v) is 7.59. The molecule has 1 amide bonds. The average molecular weight is 325 g/mol. The molecule has 8 heteroatoms. The van der Waals surface area contributed by atoms with Crippen molar-refractivity contribution >= 4 is 11.6 Å². The zero-order chi connectivity index (χ0) is 17.2. The SMILES string of the molecule is CC(C)(C)c1ccccc1C(=O)Nc1cnn(Cc2nn[nH]n2)c1. The number of carbonyl (C=O) groups is 1. The van der Waals surface area contributed by atoms with Gasteiger partial charge in [0, 0.05) is 11.8 Å². The molecule has 2 N–H and O–H groups in total. The number of amides is 1. The fraction of sp³-hybridized carbons (Fsp3) is 0.312. The van der Waals surface area contributed by atoms with Gasteiger partial charge in [-0.15, -0.1) is 10.2 Å². The van der Waals surface area contributed by atoms with Gasteiger partial charge in [-0.05, 0) is 17.0 Å². The first-order chi connectivity index (χ1) is 11.4. The van der Waals surface area contributed by atoms with Gasteiger partial charge in [0.05, 0.1) is 11.9 Å². The van der Waals surface area contributed by atoms with Crippen LogP contribution in [0.15, 0.2) is 36.7 Å². The maximum Gasteiger partial charge on any atom is 0.256 e. The minimum Gasteiger partial charge on any atom is -0.319 e. The van der Waals surface area contributed by atoms with E-state index in [0.717, 1.165) is 5.56 Å². The summed E-state index contributed by atoms with van der Waals surface area (Å²) < 4.78 is 1.64. The largest absolute Gasteiger partial charge is 0.319 e. The number of nitrogens with one attached hydrogen (secondary N) is 2. The summed E-state index contributed by atoms with van der Waals surface area (Å²) in [5, 5.41) is 20.7. The summed E-state index contributed by atoms with van der Waals surface area (Å²) in [7, 11) is 0. The van der Waals surface area contributed by atoms with E-state index in [1.165, 1.54) is 0 Å². The molecule has 0 atom stereocenters. The van der Waals surface area contributed by atoms with Gasteiger partial charge in [0.15, 0.2) is 5.82 Å². The molecule has 124 valence electrons. The zero-order valence-electron chi connectivity index (χ0n) is 13.8. The lowest BCUT2D eigenvalue weighted by atomic mass is 9.83. The molecule has 3 rings (SSSR count). The summed E-state index contributed by atoms with van der Waals surface area (Å²) in [5.74, 6) is 0.369. The number of aromatic nitrogens is 6. The van der Waals surface area contributed by atoms with Crippen LogP contribution in [-0.2, 0) is 12.0 Å². The molecule has 0 fully saturated rings. The van der Waals surface area contributed by atoms with E-state index in [0.29, 0.717) is 23.6 Å². The van der Waals surface area contributed by atoms with Crippen LogP contribution in [0.25, 0.3) is 0 Å². The highest BCUT2D eigenvalue weighted by Crippen LogP contribution is 2.26. The monoisotopic (exact) mass is 325 g/mol. The predicted octanol–water partition coefficient (Wildman–Crippen LogP) is 1.99. The van der Waals surface area contributed by atoms with Crippen LogP contribution in [0.3, 0.4) is 0 Å². The zero-order valence-corrected chi connectivity index (χ0v) is 13.8. The summed E-state index contributed by atoms with van der Waals surface area (Å²) in [6.45, 7) is 6.64. The van der Waals surface area contributed by atoms with Crippen molar-refractivity contribution in [3.8, 4) is 0 Å². The van der Waals surface area contributed by atoms with E-state index >= 15 is 0 Å². The second-order valence-corrected chi connectivity index (χ2v) is 6.50. The van der Waals surface area contributed by atoms with Gasteiger partial charge in [-0.2, -0.15) is 10.3 Å². The summed E-state index contributed by atoms with van der Waals surface area (Å²) in [4.78, 5) is 12.6. The maximum atomic E-state index is 12.6. The average Bonchev–Trinajstić information content (AvgIpc) is 3.19. The number of rotatable bonds is 4. The second kappa shape index (κ2) is 6.23. The first-order valence-electron chi connectivity index (χ1n) is 7.59. The number of hydrogen-bond donors (Lipinski definition) is 2. The lowest BCUT2D eigenvalue weighted by molar-refractivity contribution is 0.102. The van der Waals surface area contributed by atoms with Gasteiger partial charge in [-0.3, -0.25) is 9.48 Å². The van der Waals surface area contributed by atoms with E-state index in [1.54, 1.807) is 17.1 Å². The first kappa shape index (κ1) is 15.9. The van der Waals surface area contributed by atoms with Crippen molar-refractivity contribution in [3.05, 3.63) is 53.6 Å². The van der Waals surface area contributed by atoms with Crippen molar-refractivity contribution in [1.29, 1.82) is 0 Å². The van der Waals surface area contributed by atoms with Crippen molar-refractivity contribution in [2.45, 2.75) is 32.7 Å². The number of nitrogens with zero attached hydrogens (tertiary/aromatic N) is 5. The van der Waals surface area contributed by atoms with E-state index in [4.69, 9.17) is 0 Å². The number of benzene rings is 1. The van der Waals surface area contributed by atoms with Gasteiger partial charge in [0.25, 0.3) is 5.91 Å². The van der Waals surface area contributed by atoms with Crippen LogP contribution in [0.1, 0.15) is 42.5 Å². The predicted molar refractivity (Wildman–Crippen MR) is 88.6 cm³/mol. The Bertz CT molecular complexity index is 830. The van der Waals surface area contributed by atoms with Crippen molar-refractivity contribution in [2.24, 2.45) is 0 Å². The van der Waals surface area contributed by atoms with Gasteiger partial charge in [-0.25, -0.2) is 0 Å². The summed E-state index contributed by atoms with van der Waals surface area (Å²) in [5.41, 5.74) is 2.17. The van der Waals surface area contributed by atoms with Gasteiger partial charge >= 0.3 is 0 Å². The van der Waals surface area contributed by atoms with Gasteiger partial charge in [0.1, 0.15) is 6.54 Å². The number of carbonyl (C=O) groups excluding carboxylic acids is 1. The lowest BCUT2D eigenvalue weighted by Gasteiger charge is -2.22. The molecular weight excluding hydrogens is 306 g/mol. The molecule has 2 heterocycles. The molecule has 0 bridgehead atoms. The van der Waals surface area contributed by atoms with Crippen LogP contribution >= 0.6 is 0 Å². The molecule has 1 aromatic carbocycles. The van der Waals surface area contributed by atoms with Gasteiger partial charge < -0.3 is 5.32 Å². The molecule has 24 heavy (non-hydrogen) atoms. The van der Waals surface area contributed by atoms with Crippen LogP contribution < -0.4 is 5.32 Å². The van der Waals surface area contributed by atoms with Crippen LogP contribution in [0.4, 0.5) is 5.69 Å². The van der Waals surface area contributed by atoms with Crippen LogP contribution in [0.5, 0.6) is 0 Å². The van der Waals surface area contributed by atoms with Crippen molar-refractivity contribution in [3.63, 3.8) is 0 Å². The topological polar surface area (TPSA) is 101 Å². The Hall–Kier alpha value is -3.03. The van der Waals surface area contributed by atoms with Gasteiger partial charge in [-0.1, -0.05) is 44.2 Å². The smallest absolute Gasteiger partial charge is 0.256 e. The van der Waals surface area contributed by atoms with Crippen molar-refractivity contribution in [1.82, 2.24) is 30.4 Å². The Labute approximate surface area is 139 Å². The molecule has 0 radical (unpaired) electrons. The Morgan fingerprint density at radius 1 is 1.29 bits per heavy atom. The Balaban J connectivity index is 1.75. The van der Waals surface area contributed by atoms with Crippen LogP contribution in [0, 0.1) is 0 Å². The number of hydrogen-bond acceptors (Lipinski definition) is 5. The van der Waals surface area contributed by atoms with E-state index in [9.17, 15) is 4.79 Å². The minimum atomic E-state index is -0.153. The van der Waals surface area contributed by atoms with Crippen molar-refractivity contribution < 1.29 is 4.79 Å². The quantitative estimate of drug-likeness (QED) is 0.764. The molecule has 0 saturated heterocycles. The third-order valence-corrected chi connectivity index (χ3v) is 3.56. The minimum absolute atomic E-state index is 0.114. The second-order valence-electron chi connectivity index (χ2n) is 6.50. The standard InChI is InChI=1S/C16H19N7O/c1-16(2,3)13-7-5-4-6-12(13)15(24)18-11-8-17-23(9-11)10-14-19-21-22-20-14/h4-9H,10H2,1-3H3,(H,18,24)(H,19,20,21,22). The normalized spacial score (nSPS) is 11.5. The highest BCUT2D eigenvalue weighted by Gasteiger charge is 2.21. The Morgan fingerprint density at radius 2 is 2.08 bits per heavy atom. The van der Waals surface area contributed by atoms with E-state index < -0.39 is 0 Å². The van der Waals surface area contributed by atoms with Gasteiger partial charge in [0.2, 0.25) is 0 Å². The fourth-order valence-electron chi connectivity index (χ4n) is 2.44. The number of anilines is 1. The van der Waals surface area contributed by atoms with E-state index in [1.807, 2.05) is 24.3 Å². The molecule has 0 spiro atoms. The van der Waals surface area contributed by atoms with Crippen LogP contribution in [-0.4, -0.2) is 36.3 Å². The fourth-order valence-corrected chi connectivity index (χ4v) is 2.44. The molecule has 0 unspecified atom stereocenters. The number of aromatic amines is 1.